The third-order valence-corrected chi connectivity index (χ3v) is 2.47. The van der Waals surface area contributed by atoms with Crippen molar-refractivity contribution >= 4 is 0 Å². The highest BCUT2D eigenvalue weighted by atomic mass is 16.5. The molecule has 18 heavy (non-hydrogen) atoms. The number of hydrogen-bond acceptors (Lipinski definition) is 4. The minimum atomic E-state index is 0.191. The zero-order chi connectivity index (χ0) is 13.1. The van der Waals surface area contributed by atoms with Gasteiger partial charge in [-0.15, -0.1) is 0 Å². The van der Waals surface area contributed by atoms with E-state index in [9.17, 15) is 0 Å². The quantitative estimate of drug-likeness (QED) is 0.547. The van der Waals surface area contributed by atoms with E-state index in [1.165, 1.54) is 5.56 Å². The first kappa shape index (κ1) is 15.0. The van der Waals surface area contributed by atoms with E-state index in [1.807, 2.05) is 12.1 Å². The number of aliphatic hydroxyl groups excluding tert-OH is 1. The van der Waals surface area contributed by atoms with Gasteiger partial charge in [-0.25, -0.2) is 0 Å². The average molecular weight is 252 g/mol. The lowest BCUT2D eigenvalue weighted by atomic mass is 10.2. The lowest BCUT2D eigenvalue weighted by molar-refractivity contribution is 0.292. The predicted octanol–water partition coefficient (Wildman–Crippen LogP) is 1.15. The van der Waals surface area contributed by atoms with E-state index in [-0.39, 0.29) is 6.61 Å². The molecule has 102 valence electrons. The monoisotopic (exact) mass is 252 g/mol. The van der Waals surface area contributed by atoms with Crippen molar-refractivity contribution in [3.63, 3.8) is 0 Å². The first-order valence-electron chi connectivity index (χ1n) is 6.61. The second kappa shape index (κ2) is 9.88. The Morgan fingerprint density at radius 3 is 2.78 bits per heavy atom. The number of rotatable bonds is 10. The Hall–Kier alpha value is -1.10. The molecular weight excluding hydrogens is 228 g/mol. The summed E-state index contributed by atoms with van der Waals surface area (Å²) >= 11 is 0. The predicted molar refractivity (Wildman–Crippen MR) is 73.9 cm³/mol. The average Bonchev–Trinajstić information content (AvgIpc) is 2.41. The van der Waals surface area contributed by atoms with Crippen LogP contribution in [-0.4, -0.2) is 38.0 Å². The van der Waals surface area contributed by atoms with E-state index in [4.69, 9.17) is 9.84 Å². The molecular formula is C14H24N2O2. The summed E-state index contributed by atoms with van der Waals surface area (Å²) in [6.45, 7) is 6.31. The Kier molecular flexibility index (Phi) is 8.21. The van der Waals surface area contributed by atoms with Crippen LogP contribution in [0.15, 0.2) is 24.3 Å². The largest absolute Gasteiger partial charge is 0.494 e. The molecule has 0 aliphatic rings. The number of aliphatic hydroxyl groups is 1. The van der Waals surface area contributed by atoms with Crippen molar-refractivity contribution in [2.24, 2.45) is 0 Å². The van der Waals surface area contributed by atoms with Crippen molar-refractivity contribution in [3.05, 3.63) is 29.8 Å². The first-order valence-corrected chi connectivity index (χ1v) is 6.61. The second-order valence-electron chi connectivity index (χ2n) is 4.15. The van der Waals surface area contributed by atoms with Crippen LogP contribution >= 0.6 is 0 Å². The molecule has 0 aliphatic heterocycles. The van der Waals surface area contributed by atoms with Crippen molar-refractivity contribution in [1.29, 1.82) is 0 Å². The number of nitrogens with one attached hydrogen (secondary N) is 2. The van der Waals surface area contributed by atoms with Crippen LogP contribution in [0, 0.1) is 0 Å². The van der Waals surface area contributed by atoms with Crippen molar-refractivity contribution < 1.29 is 9.84 Å². The van der Waals surface area contributed by atoms with E-state index < -0.39 is 0 Å². The molecule has 3 N–H and O–H groups in total. The number of ether oxygens (including phenoxy) is 1. The molecule has 0 atom stereocenters. The molecule has 0 spiro atoms. The van der Waals surface area contributed by atoms with Gasteiger partial charge < -0.3 is 20.5 Å². The van der Waals surface area contributed by atoms with Gasteiger partial charge in [0.1, 0.15) is 5.75 Å². The van der Waals surface area contributed by atoms with Crippen LogP contribution in [-0.2, 0) is 6.54 Å². The summed E-state index contributed by atoms with van der Waals surface area (Å²) in [6.07, 6.45) is 1.03. The Balaban J connectivity index is 2.20. The van der Waals surface area contributed by atoms with Crippen molar-refractivity contribution in [1.82, 2.24) is 10.6 Å². The highest BCUT2D eigenvalue weighted by Gasteiger charge is 1.96. The van der Waals surface area contributed by atoms with E-state index in [2.05, 4.69) is 29.7 Å². The smallest absolute Gasteiger partial charge is 0.119 e. The fraction of sp³-hybridized carbons (Fsp3) is 0.571. The molecule has 1 aromatic carbocycles. The molecule has 0 unspecified atom stereocenters. The maximum Gasteiger partial charge on any atom is 0.119 e. The van der Waals surface area contributed by atoms with Gasteiger partial charge in [0.05, 0.1) is 13.2 Å². The first-order chi connectivity index (χ1) is 8.86. The standard InChI is InChI=1S/C14H24N2O2/c1-2-10-18-14-5-3-4-13(11-14)12-16-7-6-15-8-9-17/h3-5,11,15-17H,2,6-10,12H2,1H3. The molecule has 0 aliphatic carbocycles. The number of hydrogen-bond donors (Lipinski definition) is 3. The van der Waals surface area contributed by atoms with Gasteiger partial charge in [0.25, 0.3) is 0 Å². The molecule has 1 rings (SSSR count). The van der Waals surface area contributed by atoms with E-state index in [0.717, 1.165) is 38.4 Å². The van der Waals surface area contributed by atoms with Gasteiger partial charge in [-0.05, 0) is 24.1 Å². The van der Waals surface area contributed by atoms with E-state index in [0.29, 0.717) is 6.54 Å². The van der Waals surface area contributed by atoms with Crippen LogP contribution in [0.25, 0.3) is 0 Å². The third kappa shape index (κ3) is 6.59. The SMILES string of the molecule is CCCOc1cccc(CNCCNCCO)c1. The van der Waals surface area contributed by atoms with Crippen LogP contribution in [0.4, 0.5) is 0 Å². The normalized spacial score (nSPS) is 10.6. The Morgan fingerprint density at radius 2 is 2.00 bits per heavy atom. The molecule has 0 aromatic heterocycles. The van der Waals surface area contributed by atoms with Crippen LogP contribution in [0.1, 0.15) is 18.9 Å². The lowest BCUT2D eigenvalue weighted by Gasteiger charge is -2.08. The zero-order valence-electron chi connectivity index (χ0n) is 11.1. The summed E-state index contributed by atoms with van der Waals surface area (Å²) < 4.78 is 5.59. The van der Waals surface area contributed by atoms with Crippen molar-refractivity contribution in [2.45, 2.75) is 19.9 Å². The van der Waals surface area contributed by atoms with Gasteiger partial charge in [0.15, 0.2) is 0 Å². The van der Waals surface area contributed by atoms with Crippen molar-refractivity contribution in [3.8, 4) is 5.75 Å². The van der Waals surface area contributed by atoms with Gasteiger partial charge >= 0.3 is 0 Å². The fourth-order valence-corrected chi connectivity index (χ4v) is 1.58. The van der Waals surface area contributed by atoms with Crippen LogP contribution < -0.4 is 15.4 Å². The molecule has 0 saturated carbocycles. The zero-order valence-corrected chi connectivity index (χ0v) is 11.1. The Labute approximate surface area is 109 Å². The van der Waals surface area contributed by atoms with Gasteiger partial charge in [0, 0.05) is 26.2 Å². The minimum Gasteiger partial charge on any atom is -0.494 e. The topological polar surface area (TPSA) is 53.5 Å². The third-order valence-electron chi connectivity index (χ3n) is 2.47. The molecule has 4 heteroatoms. The molecule has 0 heterocycles. The second-order valence-corrected chi connectivity index (χ2v) is 4.15. The molecule has 1 aromatic rings. The fourth-order valence-electron chi connectivity index (χ4n) is 1.58. The lowest BCUT2D eigenvalue weighted by Crippen LogP contribution is -2.28. The summed E-state index contributed by atoms with van der Waals surface area (Å²) in [5.74, 6) is 0.939. The van der Waals surface area contributed by atoms with E-state index in [1.54, 1.807) is 0 Å². The molecule has 0 radical (unpaired) electrons. The summed E-state index contributed by atoms with van der Waals surface area (Å²) in [7, 11) is 0. The highest BCUT2D eigenvalue weighted by Crippen LogP contribution is 2.13. The van der Waals surface area contributed by atoms with Gasteiger partial charge in [-0.2, -0.15) is 0 Å². The number of benzene rings is 1. The molecule has 4 nitrogen and oxygen atoms in total. The van der Waals surface area contributed by atoms with Gasteiger partial charge in [-0.1, -0.05) is 19.1 Å². The van der Waals surface area contributed by atoms with Crippen LogP contribution in [0.2, 0.25) is 0 Å². The maximum absolute atomic E-state index is 8.61. The molecule has 0 saturated heterocycles. The van der Waals surface area contributed by atoms with E-state index >= 15 is 0 Å². The molecule has 0 amide bonds. The molecule has 0 fully saturated rings. The van der Waals surface area contributed by atoms with Crippen LogP contribution in [0.3, 0.4) is 0 Å². The summed E-state index contributed by atoms with van der Waals surface area (Å²) in [6, 6.07) is 8.17. The van der Waals surface area contributed by atoms with Crippen molar-refractivity contribution in [2.75, 3.05) is 32.8 Å². The van der Waals surface area contributed by atoms with Gasteiger partial charge in [0.2, 0.25) is 0 Å². The highest BCUT2D eigenvalue weighted by molar-refractivity contribution is 5.28. The molecule has 0 bridgehead atoms. The Morgan fingerprint density at radius 1 is 1.17 bits per heavy atom. The van der Waals surface area contributed by atoms with Gasteiger partial charge in [-0.3, -0.25) is 0 Å². The summed E-state index contributed by atoms with van der Waals surface area (Å²) in [5, 5.41) is 15.1. The Bertz CT molecular complexity index is 318. The van der Waals surface area contributed by atoms with Crippen LogP contribution in [0.5, 0.6) is 5.75 Å². The summed E-state index contributed by atoms with van der Waals surface area (Å²) in [4.78, 5) is 0. The minimum absolute atomic E-state index is 0.191. The summed E-state index contributed by atoms with van der Waals surface area (Å²) in [5.41, 5.74) is 1.23. The maximum atomic E-state index is 8.61.